The first-order chi connectivity index (χ1) is 10.1. The third-order valence-corrected chi connectivity index (χ3v) is 2.44. The highest BCUT2D eigenvalue weighted by molar-refractivity contribution is 5.66. The Kier molecular flexibility index (Phi) is 12.4. The zero-order valence-corrected chi connectivity index (χ0v) is 12.8. The third-order valence-electron chi connectivity index (χ3n) is 2.44. The van der Waals surface area contributed by atoms with Gasteiger partial charge in [-0.1, -0.05) is 6.58 Å². The van der Waals surface area contributed by atoms with E-state index in [1.165, 1.54) is 20.1 Å². The maximum Gasteiger partial charge on any atom is 0.302 e. The van der Waals surface area contributed by atoms with Crippen LogP contribution in [0, 0.1) is 0 Å². The molecule has 0 amide bonds. The molecule has 0 fully saturated rings. The summed E-state index contributed by atoms with van der Waals surface area (Å²) < 4.78 is 20.1. The molecule has 7 heteroatoms. The lowest BCUT2D eigenvalue weighted by atomic mass is 10.4. The molecule has 0 N–H and O–H groups in total. The van der Waals surface area contributed by atoms with Gasteiger partial charge >= 0.3 is 11.9 Å². The summed E-state index contributed by atoms with van der Waals surface area (Å²) in [6.07, 6.45) is 1.37. The standard InChI is InChI=1S/C14H25NO6/c1-4-18-11-12-19-8-5-15(6-9-20-13(2)16)7-10-21-14(3)17/h4H,1,5-12H2,2-3H3. The molecule has 21 heavy (non-hydrogen) atoms. The van der Waals surface area contributed by atoms with Crippen LogP contribution in [0.25, 0.3) is 0 Å². The molecule has 0 aromatic carbocycles. The second-order valence-electron chi connectivity index (χ2n) is 4.17. The van der Waals surface area contributed by atoms with Gasteiger partial charge < -0.3 is 18.9 Å². The molecule has 0 heterocycles. The minimum Gasteiger partial charge on any atom is -0.499 e. The number of carbonyl (C=O) groups is 2. The Bertz CT molecular complexity index is 288. The molecular weight excluding hydrogens is 278 g/mol. The second kappa shape index (κ2) is 13.4. The molecule has 0 atom stereocenters. The molecule has 0 aliphatic heterocycles. The van der Waals surface area contributed by atoms with Crippen molar-refractivity contribution in [2.75, 3.05) is 52.7 Å². The quantitative estimate of drug-likeness (QED) is 0.280. The zero-order valence-electron chi connectivity index (χ0n) is 12.8. The van der Waals surface area contributed by atoms with Crippen molar-refractivity contribution in [1.29, 1.82) is 0 Å². The topological polar surface area (TPSA) is 74.3 Å². The third kappa shape index (κ3) is 14.6. The van der Waals surface area contributed by atoms with E-state index in [1.54, 1.807) is 0 Å². The Morgan fingerprint density at radius 3 is 1.90 bits per heavy atom. The van der Waals surface area contributed by atoms with Crippen molar-refractivity contribution in [3.05, 3.63) is 12.8 Å². The molecule has 0 aromatic rings. The highest BCUT2D eigenvalue weighted by atomic mass is 16.5. The van der Waals surface area contributed by atoms with E-state index in [0.29, 0.717) is 52.7 Å². The lowest BCUT2D eigenvalue weighted by Crippen LogP contribution is -2.34. The van der Waals surface area contributed by atoms with Crippen LogP contribution in [0.15, 0.2) is 12.8 Å². The molecule has 122 valence electrons. The van der Waals surface area contributed by atoms with Gasteiger partial charge in [0, 0.05) is 33.5 Å². The summed E-state index contributed by atoms with van der Waals surface area (Å²) >= 11 is 0. The van der Waals surface area contributed by atoms with Gasteiger partial charge in [-0.05, 0) is 0 Å². The van der Waals surface area contributed by atoms with Gasteiger partial charge in [0.05, 0.1) is 19.5 Å². The van der Waals surface area contributed by atoms with Crippen LogP contribution >= 0.6 is 0 Å². The first-order valence-electron chi connectivity index (χ1n) is 6.85. The van der Waals surface area contributed by atoms with Crippen molar-refractivity contribution >= 4 is 11.9 Å². The van der Waals surface area contributed by atoms with Crippen molar-refractivity contribution in [1.82, 2.24) is 4.90 Å². The molecule has 0 saturated carbocycles. The Morgan fingerprint density at radius 1 is 0.905 bits per heavy atom. The van der Waals surface area contributed by atoms with E-state index < -0.39 is 0 Å². The lowest BCUT2D eigenvalue weighted by molar-refractivity contribution is -0.141. The maximum atomic E-state index is 10.7. The van der Waals surface area contributed by atoms with Crippen LogP contribution in [0.1, 0.15) is 13.8 Å². The van der Waals surface area contributed by atoms with Gasteiger partial charge in [0.25, 0.3) is 0 Å². The largest absolute Gasteiger partial charge is 0.499 e. The van der Waals surface area contributed by atoms with Crippen LogP contribution in [-0.2, 0) is 28.5 Å². The van der Waals surface area contributed by atoms with Crippen LogP contribution in [0.2, 0.25) is 0 Å². The predicted molar refractivity (Wildman–Crippen MR) is 76.7 cm³/mol. The van der Waals surface area contributed by atoms with Crippen molar-refractivity contribution < 1.29 is 28.5 Å². The van der Waals surface area contributed by atoms with Gasteiger partial charge in [-0.3, -0.25) is 14.5 Å². The summed E-state index contributed by atoms with van der Waals surface area (Å²) in [4.78, 5) is 23.5. The molecule has 0 radical (unpaired) electrons. The van der Waals surface area contributed by atoms with E-state index in [0.717, 1.165) is 0 Å². The van der Waals surface area contributed by atoms with E-state index in [-0.39, 0.29) is 11.9 Å². The zero-order chi connectivity index (χ0) is 15.9. The summed E-state index contributed by atoms with van der Waals surface area (Å²) in [5.74, 6) is -0.625. The number of nitrogens with zero attached hydrogens (tertiary/aromatic N) is 1. The Balaban J connectivity index is 3.84. The summed E-state index contributed by atoms with van der Waals surface area (Å²) in [7, 11) is 0. The molecule has 0 unspecified atom stereocenters. The maximum absolute atomic E-state index is 10.7. The number of esters is 2. The average Bonchev–Trinajstić information content (AvgIpc) is 2.41. The SMILES string of the molecule is C=COCCOCCN(CCOC(C)=O)CCOC(C)=O. The Hall–Kier alpha value is -1.60. The fourth-order valence-electron chi connectivity index (χ4n) is 1.46. The fourth-order valence-corrected chi connectivity index (χ4v) is 1.46. The van der Waals surface area contributed by atoms with Crippen molar-refractivity contribution in [3.8, 4) is 0 Å². The van der Waals surface area contributed by atoms with Gasteiger partial charge in [0.15, 0.2) is 0 Å². The second-order valence-corrected chi connectivity index (χ2v) is 4.17. The number of carbonyl (C=O) groups excluding carboxylic acids is 2. The van der Waals surface area contributed by atoms with Crippen molar-refractivity contribution in [2.24, 2.45) is 0 Å². The van der Waals surface area contributed by atoms with E-state index >= 15 is 0 Å². The van der Waals surface area contributed by atoms with Crippen LogP contribution in [0.3, 0.4) is 0 Å². The molecule has 0 rings (SSSR count). The molecular formula is C14H25NO6. The van der Waals surface area contributed by atoms with Crippen LogP contribution in [0.4, 0.5) is 0 Å². The summed E-state index contributed by atoms with van der Waals surface area (Å²) in [6.45, 7) is 10.0. The first-order valence-corrected chi connectivity index (χ1v) is 6.85. The van der Waals surface area contributed by atoms with Crippen molar-refractivity contribution in [2.45, 2.75) is 13.8 Å². The van der Waals surface area contributed by atoms with E-state index in [2.05, 4.69) is 6.58 Å². The van der Waals surface area contributed by atoms with Gasteiger partial charge in [-0.15, -0.1) is 0 Å². The van der Waals surface area contributed by atoms with Gasteiger partial charge in [0.2, 0.25) is 0 Å². The average molecular weight is 303 g/mol. The predicted octanol–water partition coefficient (Wildman–Crippen LogP) is 0.591. The van der Waals surface area contributed by atoms with Crippen LogP contribution < -0.4 is 0 Å². The van der Waals surface area contributed by atoms with Crippen molar-refractivity contribution in [3.63, 3.8) is 0 Å². The highest BCUT2D eigenvalue weighted by Gasteiger charge is 2.07. The smallest absolute Gasteiger partial charge is 0.302 e. The van der Waals surface area contributed by atoms with Gasteiger partial charge in [0.1, 0.15) is 19.8 Å². The van der Waals surface area contributed by atoms with Gasteiger partial charge in [-0.2, -0.15) is 0 Å². The summed E-state index contributed by atoms with van der Waals surface area (Å²) in [5.41, 5.74) is 0. The van der Waals surface area contributed by atoms with Crippen LogP contribution in [0.5, 0.6) is 0 Å². The van der Waals surface area contributed by atoms with Crippen LogP contribution in [-0.4, -0.2) is 69.5 Å². The monoisotopic (exact) mass is 303 g/mol. The summed E-state index contributed by atoms with van der Waals surface area (Å²) in [5, 5.41) is 0. The molecule has 0 bridgehead atoms. The van der Waals surface area contributed by atoms with E-state index in [1.807, 2.05) is 4.90 Å². The molecule has 0 aromatic heterocycles. The molecule has 0 aliphatic rings. The Morgan fingerprint density at radius 2 is 1.43 bits per heavy atom. The normalized spacial score (nSPS) is 10.2. The number of ether oxygens (including phenoxy) is 4. The highest BCUT2D eigenvalue weighted by Crippen LogP contribution is 1.92. The summed E-state index contributed by atoms with van der Waals surface area (Å²) in [6, 6.07) is 0. The molecule has 0 saturated heterocycles. The molecule has 0 spiro atoms. The van der Waals surface area contributed by atoms with E-state index in [4.69, 9.17) is 18.9 Å². The lowest BCUT2D eigenvalue weighted by Gasteiger charge is -2.21. The minimum atomic E-state index is -0.312. The number of rotatable bonds is 13. The molecule has 7 nitrogen and oxygen atoms in total. The van der Waals surface area contributed by atoms with Gasteiger partial charge in [-0.25, -0.2) is 0 Å². The van der Waals surface area contributed by atoms with E-state index in [9.17, 15) is 9.59 Å². The Labute approximate surface area is 125 Å². The number of hydrogen-bond donors (Lipinski definition) is 0. The fraction of sp³-hybridized carbons (Fsp3) is 0.714. The number of hydrogen-bond acceptors (Lipinski definition) is 7. The minimum absolute atomic E-state index is 0.301. The molecule has 0 aliphatic carbocycles. The first kappa shape index (κ1) is 19.4.